The second kappa shape index (κ2) is 14.2. The van der Waals surface area contributed by atoms with Gasteiger partial charge in [-0.15, -0.1) is 0 Å². The standard InChI is InChI=1S/C29H34ClF2N7O4/c1-7-38(24(40)16-37(6)28(41)43-29(3,4)5)23-15-39(36-25(23)19-11-12-22(30)18(2)13-19)27(34-17-33)35-20-9-8-10-21(14-20)42-26(31)32/h8-14,23,26H,7,15-16H2,1-6H3,(H,34,35)/t23-/m0/s1. The van der Waals surface area contributed by atoms with Gasteiger partial charge in [0.15, 0.2) is 6.19 Å². The lowest BCUT2D eigenvalue weighted by Gasteiger charge is -2.31. The predicted octanol–water partition coefficient (Wildman–Crippen LogP) is 5.11. The molecule has 2 aromatic carbocycles. The number of hydrazone groups is 1. The van der Waals surface area contributed by atoms with Crippen LogP contribution in [0.3, 0.4) is 0 Å². The lowest BCUT2D eigenvalue weighted by Crippen LogP contribution is -2.51. The molecule has 230 valence electrons. The molecule has 0 aliphatic carbocycles. The van der Waals surface area contributed by atoms with Crippen LogP contribution < -0.4 is 10.1 Å². The highest BCUT2D eigenvalue weighted by Gasteiger charge is 2.37. The van der Waals surface area contributed by atoms with E-state index in [0.29, 0.717) is 16.3 Å². The summed E-state index contributed by atoms with van der Waals surface area (Å²) in [6.45, 7) is 5.95. The summed E-state index contributed by atoms with van der Waals surface area (Å²) in [7, 11) is 1.48. The molecule has 0 fully saturated rings. The molecule has 1 aliphatic rings. The summed E-state index contributed by atoms with van der Waals surface area (Å²) in [6, 6.07) is 10.4. The highest BCUT2D eigenvalue weighted by atomic mass is 35.5. The van der Waals surface area contributed by atoms with Crippen LogP contribution >= 0.6 is 11.6 Å². The van der Waals surface area contributed by atoms with Gasteiger partial charge in [-0.2, -0.15) is 19.1 Å². The maximum atomic E-state index is 13.6. The van der Waals surface area contributed by atoms with E-state index in [1.165, 1.54) is 35.2 Å². The van der Waals surface area contributed by atoms with E-state index in [0.717, 1.165) is 5.56 Å². The van der Waals surface area contributed by atoms with Gasteiger partial charge in [-0.25, -0.2) is 14.8 Å². The number of hydrogen-bond donors (Lipinski definition) is 1. The third-order valence-electron chi connectivity index (χ3n) is 6.15. The molecule has 0 spiro atoms. The number of nitriles is 1. The number of halogens is 3. The van der Waals surface area contributed by atoms with Gasteiger partial charge in [0.25, 0.3) is 0 Å². The second-order valence-electron chi connectivity index (χ2n) is 10.6. The van der Waals surface area contributed by atoms with Gasteiger partial charge in [-0.05, 0) is 64.4 Å². The molecule has 2 aromatic rings. The van der Waals surface area contributed by atoms with Crippen molar-refractivity contribution in [1.82, 2.24) is 20.1 Å². The Labute approximate surface area is 254 Å². The number of hydrogen-bond acceptors (Lipinski definition) is 7. The first kappa shape index (κ1) is 33.1. The summed E-state index contributed by atoms with van der Waals surface area (Å²) in [5.74, 6) is -0.467. The minimum Gasteiger partial charge on any atom is -0.444 e. The third-order valence-corrected chi connectivity index (χ3v) is 6.57. The van der Waals surface area contributed by atoms with Crippen molar-refractivity contribution in [3.63, 3.8) is 0 Å². The molecule has 1 aliphatic heterocycles. The van der Waals surface area contributed by atoms with E-state index in [1.807, 2.05) is 19.2 Å². The highest BCUT2D eigenvalue weighted by molar-refractivity contribution is 6.31. The Morgan fingerprint density at radius 2 is 2.00 bits per heavy atom. The number of rotatable bonds is 8. The molecular formula is C29H34ClF2N7O4. The van der Waals surface area contributed by atoms with Crippen molar-refractivity contribution in [2.24, 2.45) is 10.1 Å². The number of aryl methyl sites for hydroxylation is 1. The summed E-state index contributed by atoms with van der Waals surface area (Å²) in [6.07, 6.45) is 1.18. The van der Waals surface area contributed by atoms with Gasteiger partial charge in [0.2, 0.25) is 11.9 Å². The summed E-state index contributed by atoms with van der Waals surface area (Å²) in [5.41, 5.74) is 1.46. The van der Waals surface area contributed by atoms with Crippen molar-refractivity contribution < 1.29 is 27.8 Å². The smallest absolute Gasteiger partial charge is 0.410 e. The Hall–Kier alpha value is -4.44. The van der Waals surface area contributed by atoms with E-state index < -0.39 is 24.3 Å². The zero-order valence-electron chi connectivity index (χ0n) is 24.8. The number of nitrogens with one attached hydrogen (secondary N) is 1. The van der Waals surface area contributed by atoms with Crippen molar-refractivity contribution in [3.8, 4) is 11.9 Å². The van der Waals surface area contributed by atoms with E-state index >= 15 is 0 Å². The zero-order chi connectivity index (χ0) is 31.9. The number of likely N-dealkylation sites (N-methyl/N-ethyl adjacent to an activating group) is 2. The van der Waals surface area contributed by atoms with E-state index in [1.54, 1.807) is 50.8 Å². The fraction of sp³-hybridized carbons (Fsp3) is 0.414. The number of carbonyl (C=O) groups excluding carboxylic acids is 2. The van der Waals surface area contributed by atoms with Gasteiger partial charge in [-0.3, -0.25) is 10.1 Å². The largest absolute Gasteiger partial charge is 0.444 e. The van der Waals surface area contributed by atoms with Gasteiger partial charge in [0.1, 0.15) is 17.9 Å². The molecule has 3 rings (SSSR count). The molecule has 1 atom stereocenters. The van der Waals surface area contributed by atoms with Crippen molar-refractivity contribution in [1.29, 1.82) is 5.26 Å². The molecule has 0 bridgehead atoms. The number of benzene rings is 2. The Morgan fingerprint density at radius 1 is 1.28 bits per heavy atom. The van der Waals surface area contributed by atoms with Crippen LogP contribution in [-0.2, 0) is 9.53 Å². The van der Waals surface area contributed by atoms with Crippen LogP contribution in [0.5, 0.6) is 5.75 Å². The number of aliphatic imine (C=N–C) groups is 1. The molecule has 0 radical (unpaired) electrons. The Bertz CT molecular complexity index is 1440. The van der Waals surface area contributed by atoms with Crippen LogP contribution in [-0.4, -0.2) is 83.4 Å². The van der Waals surface area contributed by atoms with Crippen LogP contribution in [0, 0.1) is 18.4 Å². The highest BCUT2D eigenvalue weighted by Crippen LogP contribution is 2.26. The fourth-order valence-electron chi connectivity index (χ4n) is 4.24. The van der Waals surface area contributed by atoms with Gasteiger partial charge in [0.05, 0.1) is 24.0 Å². The average molecular weight is 618 g/mol. The van der Waals surface area contributed by atoms with Crippen LogP contribution in [0.4, 0.5) is 19.3 Å². The number of amides is 2. The molecule has 0 saturated heterocycles. The Kier molecular flexibility index (Phi) is 10.9. The maximum Gasteiger partial charge on any atom is 0.410 e. The second-order valence-corrected chi connectivity index (χ2v) is 11.0. The monoisotopic (exact) mass is 617 g/mol. The average Bonchev–Trinajstić information content (AvgIpc) is 3.34. The van der Waals surface area contributed by atoms with Crippen LogP contribution in [0.15, 0.2) is 52.6 Å². The third kappa shape index (κ3) is 9.02. The van der Waals surface area contributed by atoms with Gasteiger partial charge in [-0.1, -0.05) is 23.7 Å². The molecule has 0 unspecified atom stereocenters. The zero-order valence-corrected chi connectivity index (χ0v) is 25.5. The minimum atomic E-state index is -3.02. The van der Waals surface area contributed by atoms with E-state index in [2.05, 4.69) is 15.0 Å². The summed E-state index contributed by atoms with van der Waals surface area (Å²) in [4.78, 5) is 33.3. The molecule has 0 aromatic heterocycles. The molecule has 1 N–H and O–H groups in total. The Balaban J connectivity index is 1.99. The van der Waals surface area contributed by atoms with E-state index in [-0.39, 0.29) is 42.9 Å². The summed E-state index contributed by atoms with van der Waals surface area (Å²) < 4.78 is 35.3. The number of guanidine groups is 1. The molecular weight excluding hydrogens is 584 g/mol. The minimum absolute atomic E-state index is 0.00300. The Morgan fingerprint density at radius 3 is 2.60 bits per heavy atom. The first-order valence-corrected chi connectivity index (χ1v) is 13.7. The van der Waals surface area contributed by atoms with E-state index in [4.69, 9.17) is 21.4 Å². The summed E-state index contributed by atoms with van der Waals surface area (Å²) >= 11 is 6.27. The van der Waals surface area contributed by atoms with Crippen molar-refractivity contribution >= 4 is 41.0 Å². The van der Waals surface area contributed by atoms with Gasteiger partial charge >= 0.3 is 12.7 Å². The molecule has 2 amide bonds. The maximum absolute atomic E-state index is 13.6. The molecule has 11 nitrogen and oxygen atoms in total. The molecule has 1 heterocycles. The lowest BCUT2D eigenvalue weighted by molar-refractivity contribution is -0.133. The lowest BCUT2D eigenvalue weighted by atomic mass is 10.0. The summed E-state index contributed by atoms with van der Waals surface area (Å²) in [5, 5.41) is 18.7. The quantitative estimate of drug-likeness (QED) is 0.189. The van der Waals surface area contributed by atoms with Gasteiger partial charge in [0, 0.05) is 30.2 Å². The normalized spacial score (nSPS) is 15.1. The molecule has 43 heavy (non-hydrogen) atoms. The van der Waals surface area contributed by atoms with Crippen LogP contribution in [0.25, 0.3) is 0 Å². The number of carbonyl (C=O) groups is 2. The van der Waals surface area contributed by atoms with Crippen molar-refractivity contribution in [2.75, 3.05) is 26.7 Å². The van der Waals surface area contributed by atoms with Crippen molar-refractivity contribution in [3.05, 3.63) is 58.6 Å². The topological polar surface area (TPSA) is 123 Å². The molecule has 14 heteroatoms. The van der Waals surface area contributed by atoms with Gasteiger partial charge < -0.3 is 19.3 Å². The fourth-order valence-corrected chi connectivity index (χ4v) is 4.36. The van der Waals surface area contributed by atoms with Crippen LogP contribution in [0.1, 0.15) is 38.8 Å². The first-order valence-electron chi connectivity index (χ1n) is 13.4. The van der Waals surface area contributed by atoms with Crippen molar-refractivity contribution in [2.45, 2.75) is 52.9 Å². The molecule has 0 saturated carbocycles. The predicted molar refractivity (Wildman–Crippen MR) is 158 cm³/mol. The number of nitrogens with zero attached hydrogens (tertiary/aromatic N) is 6. The number of ether oxygens (including phenoxy) is 2. The first-order chi connectivity index (χ1) is 20.2. The SMILES string of the molecule is CCN(C(=O)CN(C)C(=O)OC(C)(C)C)[C@H]1CN(C(=Nc2cccc(OC(F)F)c2)NC#N)N=C1c1ccc(Cl)c(C)c1. The van der Waals surface area contributed by atoms with E-state index in [9.17, 15) is 23.6 Å². The van der Waals surface area contributed by atoms with Crippen LogP contribution in [0.2, 0.25) is 5.02 Å². The number of alkyl halides is 2.